The summed E-state index contributed by atoms with van der Waals surface area (Å²) < 4.78 is 1.27. The number of hydrogen-bond acceptors (Lipinski definition) is 3. The molecule has 1 amide bonds. The van der Waals surface area contributed by atoms with Crippen molar-refractivity contribution < 1.29 is 4.79 Å². The lowest BCUT2D eigenvalue weighted by Crippen LogP contribution is -2.27. The van der Waals surface area contributed by atoms with Crippen LogP contribution in [-0.4, -0.2) is 15.5 Å². The number of anilines is 1. The molecule has 0 fully saturated rings. The summed E-state index contributed by atoms with van der Waals surface area (Å²) in [5, 5.41) is 3.41. The van der Waals surface area contributed by atoms with Gasteiger partial charge in [0.2, 0.25) is 5.91 Å². The van der Waals surface area contributed by atoms with Crippen LogP contribution in [0.1, 0.15) is 11.1 Å². The lowest BCUT2D eigenvalue weighted by Gasteiger charge is -2.09. The summed E-state index contributed by atoms with van der Waals surface area (Å²) in [6.07, 6.45) is 1.38. The molecule has 132 valence electrons. The Labute approximate surface area is 156 Å². The molecule has 26 heavy (non-hydrogen) atoms. The van der Waals surface area contributed by atoms with E-state index in [4.69, 9.17) is 11.6 Å². The van der Waals surface area contributed by atoms with Crippen LogP contribution >= 0.6 is 11.6 Å². The summed E-state index contributed by atoms with van der Waals surface area (Å²) in [6.45, 7) is 3.89. The SMILES string of the molecule is Cc1ccc(NC(=O)Cn2cnc(-c3ccc(Cl)cc3)cc2=O)cc1C. The van der Waals surface area contributed by atoms with Crippen LogP contribution in [0.2, 0.25) is 5.02 Å². The summed E-state index contributed by atoms with van der Waals surface area (Å²) in [4.78, 5) is 28.8. The van der Waals surface area contributed by atoms with Gasteiger partial charge in [-0.25, -0.2) is 4.98 Å². The van der Waals surface area contributed by atoms with E-state index in [1.54, 1.807) is 24.3 Å². The predicted molar refractivity (Wildman–Crippen MR) is 103 cm³/mol. The molecule has 0 saturated heterocycles. The second-order valence-corrected chi connectivity index (χ2v) is 6.53. The van der Waals surface area contributed by atoms with Crippen LogP contribution in [0.4, 0.5) is 5.69 Å². The zero-order valence-corrected chi connectivity index (χ0v) is 15.2. The van der Waals surface area contributed by atoms with Crippen molar-refractivity contribution in [1.82, 2.24) is 9.55 Å². The van der Waals surface area contributed by atoms with Gasteiger partial charge in [0.1, 0.15) is 6.54 Å². The molecular weight excluding hydrogens is 350 g/mol. The summed E-state index contributed by atoms with van der Waals surface area (Å²) in [5.41, 5.74) is 3.99. The van der Waals surface area contributed by atoms with Crippen molar-refractivity contribution in [2.45, 2.75) is 20.4 Å². The maximum Gasteiger partial charge on any atom is 0.254 e. The number of hydrogen-bond donors (Lipinski definition) is 1. The third kappa shape index (κ3) is 4.18. The molecular formula is C20H18ClN3O2. The van der Waals surface area contributed by atoms with Crippen LogP contribution < -0.4 is 10.9 Å². The average Bonchev–Trinajstić information content (AvgIpc) is 2.60. The maximum atomic E-state index is 12.3. The van der Waals surface area contributed by atoms with Crippen molar-refractivity contribution in [1.29, 1.82) is 0 Å². The summed E-state index contributed by atoms with van der Waals surface area (Å²) in [7, 11) is 0. The molecule has 1 aromatic heterocycles. The highest BCUT2D eigenvalue weighted by Gasteiger charge is 2.08. The number of aryl methyl sites for hydroxylation is 2. The fraction of sp³-hybridized carbons (Fsp3) is 0.150. The van der Waals surface area contributed by atoms with E-state index in [9.17, 15) is 9.59 Å². The number of nitrogens with one attached hydrogen (secondary N) is 1. The molecule has 1 heterocycles. The minimum Gasteiger partial charge on any atom is -0.325 e. The molecule has 3 rings (SSSR count). The Kier molecular flexibility index (Phi) is 5.19. The molecule has 3 aromatic rings. The Hall–Kier alpha value is -2.92. The first-order valence-corrected chi connectivity index (χ1v) is 8.50. The third-order valence-electron chi connectivity index (χ3n) is 4.12. The largest absolute Gasteiger partial charge is 0.325 e. The number of aromatic nitrogens is 2. The Morgan fingerprint density at radius 2 is 1.81 bits per heavy atom. The number of carbonyl (C=O) groups is 1. The van der Waals surface area contributed by atoms with Crippen LogP contribution in [0.3, 0.4) is 0 Å². The minimum atomic E-state index is -0.291. The van der Waals surface area contributed by atoms with Gasteiger partial charge in [-0.3, -0.25) is 14.2 Å². The van der Waals surface area contributed by atoms with Gasteiger partial charge in [-0.05, 0) is 49.2 Å². The van der Waals surface area contributed by atoms with E-state index < -0.39 is 0 Å². The quantitative estimate of drug-likeness (QED) is 0.762. The van der Waals surface area contributed by atoms with Crippen LogP contribution in [0, 0.1) is 13.8 Å². The predicted octanol–water partition coefficient (Wildman–Crippen LogP) is 3.82. The Morgan fingerprint density at radius 1 is 1.08 bits per heavy atom. The van der Waals surface area contributed by atoms with E-state index in [-0.39, 0.29) is 18.0 Å². The van der Waals surface area contributed by atoms with Crippen molar-refractivity contribution in [3.05, 3.63) is 81.4 Å². The topological polar surface area (TPSA) is 64.0 Å². The number of benzene rings is 2. The summed E-state index contributed by atoms with van der Waals surface area (Å²) in [5.74, 6) is -0.281. The number of amides is 1. The maximum absolute atomic E-state index is 12.3. The molecule has 0 radical (unpaired) electrons. The molecule has 0 aliphatic carbocycles. The zero-order valence-electron chi connectivity index (χ0n) is 14.5. The molecule has 2 aromatic carbocycles. The van der Waals surface area contributed by atoms with E-state index in [0.29, 0.717) is 16.4 Å². The van der Waals surface area contributed by atoms with E-state index >= 15 is 0 Å². The van der Waals surface area contributed by atoms with Crippen molar-refractivity contribution >= 4 is 23.2 Å². The lowest BCUT2D eigenvalue weighted by molar-refractivity contribution is -0.116. The van der Waals surface area contributed by atoms with Crippen molar-refractivity contribution in [3.63, 3.8) is 0 Å². The second kappa shape index (κ2) is 7.54. The van der Waals surface area contributed by atoms with Gasteiger partial charge in [0, 0.05) is 22.3 Å². The standard InChI is InChI=1S/C20H18ClN3O2/c1-13-3-8-17(9-14(13)2)23-19(25)11-24-12-22-18(10-20(24)26)15-4-6-16(21)7-5-15/h3-10,12H,11H2,1-2H3,(H,23,25). The Balaban J connectivity index is 1.73. The molecule has 1 N–H and O–H groups in total. The molecule has 0 aliphatic heterocycles. The third-order valence-corrected chi connectivity index (χ3v) is 4.38. The first-order chi connectivity index (χ1) is 12.4. The lowest BCUT2D eigenvalue weighted by atomic mass is 10.1. The van der Waals surface area contributed by atoms with E-state index in [1.165, 1.54) is 17.0 Å². The normalized spacial score (nSPS) is 10.6. The van der Waals surface area contributed by atoms with Crippen LogP contribution in [0.15, 0.2) is 59.7 Å². The first-order valence-electron chi connectivity index (χ1n) is 8.12. The van der Waals surface area contributed by atoms with Gasteiger partial charge in [-0.2, -0.15) is 0 Å². The average molecular weight is 368 g/mol. The Bertz CT molecular complexity index is 1010. The fourth-order valence-corrected chi connectivity index (χ4v) is 2.62. The van der Waals surface area contributed by atoms with Crippen molar-refractivity contribution in [2.24, 2.45) is 0 Å². The summed E-state index contributed by atoms with van der Waals surface area (Å²) in [6, 6.07) is 14.2. The monoisotopic (exact) mass is 367 g/mol. The molecule has 0 spiro atoms. The van der Waals surface area contributed by atoms with Crippen molar-refractivity contribution in [3.8, 4) is 11.3 Å². The molecule has 6 heteroatoms. The van der Waals surface area contributed by atoms with Crippen molar-refractivity contribution in [2.75, 3.05) is 5.32 Å². The van der Waals surface area contributed by atoms with Gasteiger partial charge in [0.25, 0.3) is 5.56 Å². The van der Waals surface area contributed by atoms with Crippen LogP contribution in [-0.2, 0) is 11.3 Å². The van der Waals surface area contributed by atoms with Crippen LogP contribution in [0.5, 0.6) is 0 Å². The number of nitrogens with zero attached hydrogens (tertiary/aromatic N) is 2. The van der Waals surface area contributed by atoms with Gasteiger partial charge >= 0.3 is 0 Å². The van der Waals surface area contributed by atoms with Gasteiger partial charge in [0.15, 0.2) is 0 Å². The van der Waals surface area contributed by atoms with E-state index in [0.717, 1.165) is 16.7 Å². The first kappa shape index (κ1) is 17.9. The number of carbonyl (C=O) groups excluding carboxylic acids is 1. The highest BCUT2D eigenvalue weighted by Crippen LogP contribution is 2.18. The highest BCUT2D eigenvalue weighted by atomic mass is 35.5. The number of rotatable bonds is 4. The minimum absolute atomic E-state index is 0.0976. The second-order valence-electron chi connectivity index (χ2n) is 6.09. The molecule has 0 saturated carbocycles. The molecule has 5 nitrogen and oxygen atoms in total. The Morgan fingerprint density at radius 3 is 2.46 bits per heavy atom. The molecule has 0 unspecified atom stereocenters. The molecule has 0 bridgehead atoms. The zero-order chi connectivity index (χ0) is 18.7. The smallest absolute Gasteiger partial charge is 0.254 e. The fourth-order valence-electron chi connectivity index (χ4n) is 2.50. The van der Waals surface area contributed by atoms with Gasteiger partial charge in [-0.1, -0.05) is 29.8 Å². The summed E-state index contributed by atoms with van der Waals surface area (Å²) >= 11 is 5.87. The van der Waals surface area contributed by atoms with Crippen LogP contribution in [0.25, 0.3) is 11.3 Å². The van der Waals surface area contributed by atoms with Gasteiger partial charge < -0.3 is 5.32 Å². The highest BCUT2D eigenvalue weighted by molar-refractivity contribution is 6.30. The molecule has 0 aliphatic rings. The van der Waals surface area contributed by atoms with E-state index in [2.05, 4.69) is 10.3 Å². The van der Waals surface area contributed by atoms with Gasteiger partial charge in [-0.15, -0.1) is 0 Å². The van der Waals surface area contributed by atoms with E-state index in [1.807, 2.05) is 32.0 Å². The number of halogens is 1. The molecule has 0 atom stereocenters. The van der Waals surface area contributed by atoms with Gasteiger partial charge in [0.05, 0.1) is 12.0 Å².